The van der Waals surface area contributed by atoms with Crippen molar-refractivity contribution < 1.29 is 18.8 Å². The summed E-state index contributed by atoms with van der Waals surface area (Å²) in [5.74, 6) is -0.606. The summed E-state index contributed by atoms with van der Waals surface area (Å²) in [6.07, 6.45) is -0.0876. The second-order valence-electron chi connectivity index (χ2n) is 7.52. The Morgan fingerprint density at radius 1 is 1.35 bits per heavy atom. The number of primary amides is 1. The lowest BCUT2D eigenvalue weighted by atomic mass is 10.2. The molecule has 1 aromatic heterocycles. The largest absolute Gasteiger partial charge is 0.374 e. The average molecular weight is 545 g/mol. The van der Waals surface area contributed by atoms with Gasteiger partial charge in [0.2, 0.25) is 11.7 Å². The van der Waals surface area contributed by atoms with Crippen molar-refractivity contribution in [2.75, 3.05) is 32.0 Å². The van der Waals surface area contributed by atoms with Gasteiger partial charge in [0.25, 0.3) is 0 Å². The Labute approximate surface area is 214 Å². The average Bonchev–Trinajstić information content (AvgIpc) is 3.49. The molecule has 34 heavy (non-hydrogen) atoms. The smallest absolute Gasteiger partial charge is 0.316 e. The third-order valence-electron chi connectivity index (χ3n) is 4.97. The highest BCUT2D eigenvalue weighted by molar-refractivity contribution is 8.18. The van der Waals surface area contributed by atoms with Crippen LogP contribution in [0.15, 0.2) is 28.1 Å². The number of carbonyl (C=O) groups excluding carboxylic acids is 2. The summed E-state index contributed by atoms with van der Waals surface area (Å²) in [6, 6.07) is 5.63. The zero-order chi connectivity index (χ0) is 24.1. The number of rotatable bonds is 9. The Bertz CT molecular complexity index is 1090. The third-order valence-corrected chi connectivity index (χ3v) is 8.03. The minimum Gasteiger partial charge on any atom is -0.374 e. The number of benzene rings is 1. The number of carbonyl (C=O) groups is 2. The van der Waals surface area contributed by atoms with Crippen molar-refractivity contribution in [3.8, 4) is 0 Å². The number of aromatic nitrogens is 2. The molecule has 0 radical (unpaired) electrons. The molecule has 1 fully saturated rings. The van der Waals surface area contributed by atoms with Gasteiger partial charge in [-0.2, -0.15) is 4.98 Å². The van der Waals surface area contributed by atoms with Gasteiger partial charge in [0, 0.05) is 31.6 Å². The molecule has 14 heteroatoms. The van der Waals surface area contributed by atoms with Crippen LogP contribution in [-0.4, -0.2) is 69.7 Å². The monoisotopic (exact) mass is 544 g/mol. The summed E-state index contributed by atoms with van der Waals surface area (Å²) < 4.78 is 10.5. The van der Waals surface area contributed by atoms with Crippen LogP contribution in [-0.2, 0) is 16.1 Å². The molecule has 1 aromatic carbocycles. The number of ether oxygens (including phenoxy) is 1. The number of nitrogens with one attached hydrogen (secondary N) is 2. The van der Waals surface area contributed by atoms with E-state index in [1.807, 2.05) is 17.5 Å². The first-order valence-electron chi connectivity index (χ1n) is 10.3. The second-order valence-corrected chi connectivity index (χ2v) is 10.7. The summed E-state index contributed by atoms with van der Waals surface area (Å²) in [5.41, 5.74) is 6.81. The van der Waals surface area contributed by atoms with E-state index in [9.17, 15) is 9.59 Å². The molecule has 2 aromatic rings. The van der Waals surface area contributed by atoms with E-state index in [0.29, 0.717) is 35.4 Å². The van der Waals surface area contributed by atoms with E-state index < -0.39 is 5.91 Å². The number of nitrogens with two attached hydrogens (primary N) is 1. The van der Waals surface area contributed by atoms with Crippen molar-refractivity contribution >= 4 is 64.2 Å². The molecule has 10 nitrogen and oxygen atoms in total. The van der Waals surface area contributed by atoms with E-state index in [4.69, 9.17) is 38.2 Å². The minimum atomic E-state index is -0.785. The summed E-state index contributed by atoms with van der Waals surface area (Å²) in [4.78, 5) is 29.6. The number of nitrogens with zero attached hydrogens (tertiary/aromatic N) is 3. The molecule has 0 spiro atoms. The minimum absolute atomic E-state index is 0.0818. The molecule has 182 valence electrons. The first-order valence-corrected chi connectivity index (χ1v) is 13.0. The highest BCUT2D eigenvalue weighted by atomic mass is 35.5. The normalized spacial score (nSPS) is 20.6. The maximum atomic E-state index is 12.3. The van der Waals surface area contributed by atoms with Gasteiger partial charge < -0.3 is 25.6 Å². The summed E-state index contributed by atoms with van der Waals surface area (Å²) in [6.45, 7) is 3.29. The van der Waals surface area contributed by atoms with Gasteiger partial charge in [0.15, 0.2) is 0 Å². The number of hydrogen-bond acceptors (Lipinski definition) is 10. The first kappa shape index (κ1) is 25.1. The van der Waals surface area contributed by atoms with Crippen LogP contribution in [0.1, 0.15) is 22.1 Å². The topological polar surface area (TPSA) is 136 Å². The van der Waals surface area contributed by atoms with Crippen LogP contribution < -0.4 is 16.4 Å². The number of thioether (sulfide) groups is 2. The van der Waals surface area contributed by atoms with Crippen molar-refractivity contribution in [3.05, 3.63) is 50.9 Å². The van der Waals surface area contributed by atoms with Crippen LogP contribution in [0.25, 0.3) is 5.70 Å². The quantitative estimate of drug-likeness (QED) is 0.430. The standard InChI is InChI=1S/C20H22Cl2N6O4S2/c21-13-2-1-11(5-14(13)22)7-28-3-4-31-12(8-28)6-24-16(29)10-34-20-25-15(9-33-20)18-26-19(17(23)30)32-27-18/h1-2,5,9,12,20,25H,3-4,6-8,10H2,(H2,23,30)(H,24,29)/t12-,20?/m0/s1. The fraction of sp³-hybridized carbons (Fsp3) is 0.400. The highest BCUT2D eigenvalue weighted by Gasteiger charge is 2.25. The molecule has 0 saturated carbocycles. The van der Waals surface area contributed by atoms with Gasteiger partial charge in [0.1, 0.15) is 4.71 Å². The maximum absolute atomic E-state index is 12.3. The fourth-order valence-electron chi connectivity index (χ4n) is 3.33. The van der Waals surface area contributed by atoms with Crippen LogP contribution in [0.3, 0.4) is 0 Å². The molecule has 4 rings (SSSR count). The Morgan fingerprint density at radius 3 is 2.97 bits per heavy atom. The van der Waals surface area contributed by atoms with E-state index in [0.717, 1.165) is 18.7 Å². The van der Waals surface area contributed by atoms with E-state index in [2.05, 4.69) is 25.7 Å². The van der Waals surface area contributed by atoms with Gasteiger partial charge in [-0.1, -0.05) is 46.2 Å². The van der Waals surface area contributed by atoms with Gasteiger partial charge in [0.05, 0.1) is 34.2 Å². The van der Waals surface area contributed by atoms with E-state index >= 15 is 0 Å². The molecule has 2 atom stereocenters. The maximum Gasteiger partial charge on any atom is 0.316 e. The Kier molecular flexibility index (Phi) is 8.61. The molecule has 4 N–H and O–H groups in total. The number of amides is 2. The molecular formula is C20H22Cl2N6O4S2. The molecule has 1 unspecified atom stereocenters. The molecule has 1 saturated heterocycles. The van der Waals surface area contributed by atoms with Crippen molar-refractivity contribution in [2.24, 2.45) is 5.73 Å². The van der Waals surface area contributed by atoms with Crippen LogP contribution in [0.4, 0.5) is 0 Å². The van der Waals surface area contributed by atoms with Gasteiger partial charge >= 0.3 is 11.8 Å². The molecule has 0 aliphatic carbocycles. The molecule has 2 aliphatic heterocycles. The van der Waals surface area contributed by atoms with E-state index in [1.165, 1.54) is 23.5 Å². The number of hydrogen-bond donors (Lipinski definition) is 3. The molecule has 3 heterocycles. The van der Waals surface area contributed by atoms with Crippen molar-refractivity contribution in [1.82, 2.24) is 25.7 Å². The second kappa shape index (κ2) is 11.6. The van der Waals surface area contributed by atoms with Crippen molar-refractivity contribution in [2.45, 2.75) is 17.4 Å². The van der Waals surface area contributed by atoms with Gasteiger partial charge in [-0.3, -0.25) is 14.5 Å². The van der Waals surface area contributed by atoms with Crippen LogP contribution in [0, 0.1) is 0 Å². The summed E-state index contributed by atoms with van der Waals surface area (Å²) in [7, 11) is 0. The lowest BCUT2D eigenvalue weighted by Gasteiger charge is -2.33. The van der Waals surface area contributed by atoms with Crippen LogP contribution >= 0.6 is 46.7 Å². The van der Waals surface area contributed by atoms with E-state index in [1.54, 1.807) is 6.07 Å². The van der Waals surface area contributed by atoms with Crippen molar-refractivity contribution in [1.29, 1.82) is 0 Å². The Hall–Kier alpha value is -1.96. The summed E-state index contributed by atoms with van der Waals surface area (Å²) in [5, 5.41) is 12.7. The lowest BCUT2D eigenvalue weighted by Crippen LogP contribution is -2.47. The third kappa shape index (κ3) is 6.80. The van der Waals surface area contributed by atoms with Gasteiger partial charge in [-0.05, 0) is 17.7 Å². The van der Waals surface area contributed by atoms with Crippen LogP contribution in [0.2, 0.25) is 10.0 Å². The Balaban J connectivity index is 1.15. The Morgan fingerprint density at radius 2 is 2.21 bits per heavy atom. The zero-order valence-electron chi connectivity index (χ0n) is 17.8. The predicted octanol–water partition coefficient (Wildman–Crippen LogP) is 2.14. The lowest BCUT2D eigenvalue weighted by molar-refractivity contribution is -0.119. The highest BCUT2D eigenvalue weighted by Crippen LogP contribution is 2.32. The van der Waals surface area contributed by atoms with Crippen LogP contribution in [0.5, 0.6) is 0 Å². The zero-order valence-corrected chi connectivity index (χ0v) is 21.0. The number of halogens is 2. The van der Waals surface area contributed by atoms with Gasteiger partial charge in [-0.15, -0.1) is 11.8 Å². The van der Waals surface area contributed by atoms with Gasteiger partial charge in [-0.25, -0.2) is 0 Å². The SMILES string of the molecule is NC(=O)c1nc(C2=CSC(SCC(=O)NC[C@H]3CN(Cc4ccc(Cl)c(Cl)c4)CCO3)N2)no1. The predicted molar refractivity (Wildman–Crippen MR) is 132 cm³/mol. The van der Waals surface area contributed by atoms with Crippen molar-refractivity contribution in [3.63, 3.8) is 0 Å². The molecular weight excluding hydrogens is 523 g/mol. The number of morpholine rings is 1. The molecule has 0 bridgehead atoms. The van der Waals surface area contributed by atoms with E-state index in [-0.39, 0.29) is 34.2 Å². The molecule has 2 amide bonds. The summed E-state index contributed by atoms with van der Waals surface area (Å²) >= 11 is 15.0. The first-order chi connectivity index (χ1) is 16.4. The fourth-order valence-corrected chi connectivity index (χ4v) is 5.58. The molecule has 2 aliphatic rings.